The first-order valence-electron chi connectivity index (χ1n) is 10.4. The molecule has 0 aromatic heterocycles. The third-order valence-corrected chi connectivity index (χ3v) is 7.17. The van der Waals surface area contributed by atoms with E-state index in [2.05, 4.69) is 14.6 Å². The summed E-state index contributed by atoms with van der Waals surface area (Å²) < 4.78 is 32.7. The maximum Gasteiger partial charge on any atom is 0.263 e. The summed E-state index contributed by atoms with van der Waals surface area (Å²) in [4.78, 5) is 21.5. The molecular formula is C22H25ClN4O4S. The van der Waals surface area contributed by atoms with Gasteiger partial charge in [0, 0.05) is 43.3 Å². The molecule has 0 unspecified atom stereocenters. The Kier molecular flexibility index (Phi) is 6.68. The molecule has 0 saturated carbocycles. The van der Waals surface area contributed by atoms with Crippen LogP contribution in [0.15, 0.2) is 58.4 Å². The Bertz CT molecular complexity index is 1110. The number of sulfonamides is 1. The van der Waals surface area contributed by atoms with Gasteiger partial charge in [-0.15, -0.1) is 0 Å². The van der Waals surface area contributed by atoms with Gasteiger partial charge in [0.2, 0.25) is 5.91 Å². The second-order valence-electron chi connectivity index (χ2n) is 7.72. The molecule has 1 atom stereocenters. The van der Waals surface area contributed by atoms with E-state index >= 15 is 0 Å². The van der Waals surface area contributed by atoms with E-state index in [0.717, 1.165) is 25.4 Å². The molecule has 2 aliphatic heterocycles. The van der Waals surface area contributed by atoms with Gasteiger partial charge in [0.25, 0.3) is 10.0 Å². The Hall–Kier alpha value is -2.62. The zero-order chi connectivity index (χ0) is 22.7. The fraction of sp³-hybridized carbons (Fsp3) is 0.364. The zero-order valence-corrected chi connectivity index (χ0v) is 19.3. The molecule has 1 fully saturated rings. The van der Waals surface area contributed by atoms with E-state index in [1.54, 1.807) is 42.2 Å². The van der Waals surface area contributed by atoms with Crippen LogP contribution in [0.1, 0.15) is 12.5 Å². The number of piperazine rings is 1. The highest BCUT2D eigenvalue weighted by atomic mass is 35.5. The average Bonchev–Trinajstić information content (AvgIpc) is 3.05. The highest BCUT2D eigenvalue weighted by Crippen LogP contribution is 2.23. The summed E-state index contributed by atoms with van der Waals surface area (Å²) in [7, 11) is -3.62. The van der Waals surface area contributed by atoms with Crippen molar-refractivity contribution in [1.82, 2.24) is 14.5 Å². The van der Waals surface area contributed by atoms with Crippen molar-refractivity contribution in [3.8, 4) is 5.75 Å². The predicted molar refractivity (Wildman–Crippen MR) is 123 cm³/mol. The van der Waals surface area contributed by atoms with Gasteiger partial charge in [-0.05, 0) is 43.3 Å². The van der Waals surface area contributed by atoms with Crippen molar-refractivity contribution in [2.45, 2.75) is 17.9 Å². The Morgan fingerprint density at radius 1 is 1.12 bits per heavy atom. The molecule has 0 bridgehead atoms. The van der Waals surface area contributed by atoms with Gasteiger partial charge in [-0.1, -0.05) is 23.7 Å². The van der Waals surface area contributed by atoms with E-state index in [4.69, 9.17) is 16.3 Å². The molecule has 170 valence electrons. The molecule has 0 radical (unpaired) electrons. The largest absolute Gasteiger partial charge is 0.492 e. The lowest BCUT2D eigenvalue weighted by atomic mass is 10.2. The fourth-order valence-corrected chi connectivity index (χ4v) is 5.12. The van der Waals surface area contributed by atoms with Crippen LogP contribution in [0.3, 0.4) is 0 Å². The monoisotopic (exact) mass is 476 g/mol. The molecular weight excluding hydrogens is 452 g/mol. The number of carbonyl (C=O) groups excluding carboxylic acids is 1. The van der Waals surface area contributed by atoms with Crippen LogP contribution in [0, 0.1) is 0 Å². The van der Waals surface area contributed by atoms with Crippen LogP contribution in [-0.2, 0) is 14.8 Å². The highest BCUT2D eigenvalue weighted by molar-refractivity contribution is 7.90. The van der Waals surface area contributed by atoms with Gasteiger partial charge in [0.05, 0.1) is 4.90 Å². The first kappa shape index (κ1) is 22.6. The van der Waals surface area contributed by atoms with Crippen molar-refractivity contribution in [1.29, 1.82) is 0 Å². The standard InChI is InChI=1S/C22H25ClN4O4S/c1-16(24-21-19-4-2-3-5-20(19)32(29,30)25-21)22(28)27-12-10-26(11-13-27)14-15-31-18-8-6-17(23)7-9-18/h2-9,16H,10-15H2,1H3,(H,24,25)/t16-/m1/s1. The quantitative estimate of drug-likeness (QED) is 0.688. The van der Waals surface area contributed by atoms with Crippen molar-refractivity contribution in [2.24, 2.45) is 4.99 Å². The lowest BCUT2D eigenvalue weighted by Crippen LogP contribution is -2.51. The summed E-state index contributed by atoms with van der Waals surface area (Å²) >= 11 is 5.88. The number of benzene rings is 2. The van der Waals surface area contributed by atoms with E-state index in [1.807, 2.05) is 12.1 Å². The highest BCUT2D eigenvalue weighted by Gasteiger charge is 2.32. The van der Waals surface area contributed by atoms with Crippen molar-refractivity contribution < 1.29 is 17.9 Å². The summed E-state index contributed by atoms with van der Waals surface area (Å²) in [6.45, 7) is 5.69. The van der Waals surface area contributed by atoms with Crippen LogP contribution in [0.5, 0.6) is 5.75 Å². The summed E-state index contributed by atoms with van der Waals surface area (Å²) in [5.74, 6) is 0.887. The molecule has 8 nitrogen and oxygen atoms in total. The van der Waals surface area contributed by atoms with Crippen LogP contribution in [0.25, 0.3) is 0 Å². The van der Waals surface area contributed by atoms with Crippen LogP contribution in [0.4, 0.5) is 0 Å². The van der Waals surface area contributed by atoms with Gasteiger partial charge < -0.3 is 9.64 Å². The molecule has 2 aliphatic rings. The number of aliphatic imine (C=N–C) groups is 1. The van der Waals surface area contributed by atoms with Gasteiger partial charge in [0.1, 0.15) is 24.2 Å². The maximum atomic E-state index is 12.9. The number of fused-ring (bicyclic) bond motifs is 1. The van der Waals surface area contributed by atoms with E-state index in [-0.39, 0.29) is 16.6 Å². The van der Waals surface area contributed by atoms with E-state index < -0.39 is 16.1 Å². The lowest BCUT2D eigenvalue weighted by Gasteiger charge is -2.35. The number of amidine groups is 1. The van der Waals surface area contributed by atoms with Crippen LogP contribution >= 0.6 is 11.6 Å². The third-order valence-electron chi connectivity index (χ3n) is 5.52. The fourth-order valence-electron chi connectivity index (χ4n) is 3.76. The first-order valence-corrected chi connectivity index (χ1v) is 12.3. The van der Waals surface area contributed by atoms with Crippen molar-refractivity contribution in [3.05, 3.63) is 59.1 Å². The molecule has 2 aromatic carbocycles. The summed E-state index contributed by atoms with van der Waals surface area (Å²) in [6, 6.07) is 13.2. The number of nitrogens with one attached hydrogen (secondary N) is 1. The van der Waals surface area contributed by atoms with Gasteiger partial charge >= 0.3 is 0 Å². The number of nitrogens with zero attached hydrogens (tertiary/aromatic N) is 3. The minimum absolute atomic E-state index is 0.113. The topological polar surface area (TPSA) is 91.3 Å². The normalized spacial score (nSPS) is 19.9. The molecule has 10 heteroatoms. The number of halogens is 1. The number of amides is 1. The van der Waals surface area contributed by atoms with E-state index in [1.165, 1.54) is 6.07 Å². The van der Waals surface area contributed by atoms with Crippen molar-refractivity contribution in [3.63, 3.8) is 0 Å². The van der Waals surface area contributed by atoms with Gasteiger partial charge in [-0.2, -0.15) is 0 Å². The van der Waals surface area contributed by atoms with Gasteiger partial charge in [-0.25, -0.2) is 8.42 Å². The number of ether oxygens (including phenoxy) is 1. The second kappa shape index (κ2) is 9.48. The first-order chi connectivity index (χ1) is 15.3. The SMILES string of the molecule is C[C@@H](N=C1NS(=O)(=O)c2ccccc21)C(=O)N1CCN(CCOc2ccc(Cl)cc2)CC1. The number of hydrogen-bond acceptors (Lipinski definition) is 6. The van der Waals surface area contributed by atoms with E-state index in [9.17, 15) is 13.2 Å². The average molecular weight is 477 g/mol. The summed E-state index contributed by atoms with van der Waals surface area (Å²) in [5.41, 5.74) is 0.498. The Morgan fingerprint density at radius 3 is 2.53 bits per heavy atom. The van der Waals surface area contributed by atoms with Gasteiger partial charge in [-0.3, -0.25) is 19.4 Å². The molecule has 1 N–H and O–H groups in total. The van der Waals surface area contributed by atoms with Crippen LogP contribution in [-0.4, -0.2) is 75.3 Å². The minimum Gasteiger partial charge on any atom is -0.492 e. The van der Waals surface area contributed by atoms with Crippen molar-refractivity contribution in [2.75, 3.05) is 39.3 Å². The number of rotatable bonds is 6. The number of hydrogen-bond donors (Lipinski definition) is 1. The molecule has 2 aromatic rings. The Balaban J connectivity index is 1.28. The molecule has 0 spiro atoms. The molecule has 2 heterocycles. The smallest absolute Gasteiger partial charge is 0.263 e. The lowest BCUT2D eigenvalue weighted by molar-refractivity contribution is -0.133. The molecule has 32 heavy (non-hydrogen) atoms. The third kappa shape index (κ3) is 5.06. The predicted octanol–water partition coefficient (Wildman–Crippen LogP) is 1.99. The summed E-state index contributed by atoms with van der Waals surface area (Å²) in [6.07, 6.45) is 0. The molecule has 0 aliphatic carbocycles. The summed E-state index contributed by atoms with van der Waals surface area (Å²) in [5, 5.41) is 0.673. The Morgan fingerprint density at radius 2 is 1.81 bits per heavy atom. The van der Waals surface area contributed by atoms with E-state index in [0.29, 0.717) is 30.3 Å². The number of carbonyl (C=O) groups is 1. The Labute approximate surface area is 192 Å². The zero-order valence-electron chi connectivity index (χ0n) is 17.7. The minimum atomic E-state index is -3.62. The second-order valence-corrected chi connectivity index (χ2v) is 9.81. The van der Waals surface area contributed by atoms with Crippen LogP contribution in [0.2, 0.25) is 5.02 Å². The molecule has 1 amide bonds. The molecule has 1 saturated heterocycles. The molecule has 4 rings (SSSR count). The van der Waals surface area contributed by atoms with Crippen LogP contribution < -0.4 is 9.46 Å². The van der Waals surface area contributed by atoms with Gasteiger partial charge in [0.15, 0.2) is 0 Å². The van der Waals surface area contributed by atoms with Crippen molar-refractivity contribution >= 4 is 33.4 Å². The maximum absolute atomic E-state index is 12.9.